The van der Waals surface area contributed by atoms with Crippen molar-refractivity contribution in [1.82, 2.24) is 15.4 Å². The number of hydrazine groups is 1. The first-order valence-electron chi connectivity index (χ1n) is 5.40. The lowest BCUT2D eigenvalue weighted by molar-refractivity contribution is 0.0954. The lowest BCUT2D eigenvalue weighted by Crippen LogP contribution is -2.30. The van der Waals surface area contributed by atoms with E-state index in [1.807, 2.05) is 12.1 Å². The van der Waals surface area contributed by atoms with Crippen LogP contribution in [0.15, 0.2) is 42.9 Å². The predicted octanol–water partition coefficient (Wildman–Crippen LogP) is 0.692. The van der Waals surface area contributed by atoms with Gasteiger partial charge in [0.2, 0.25) is 0 Å². The molecular weight excluding hydrogens is 230 g/mol. The molecule has 0 bridgehead atoms. The molecule has 0 aromatic carbocycles. The Morgan fingerprint density at radius 3 is 2.72 bits per heavy atom. The summed E-state index contributed by atoms with van der Waals surface area (Å²) in [6, 6.07) is 7.11. The third-order valence-corrected chi connectivity index (χ3v) is 2.39. The highest BCUT2D eigenvalue weighted by Crippen LogP contribution is 2.12. The molecule has 0 aliphatic carbocycles. The van der Waals surface area contributed by atoms with Crippen molar-refractivity contribution in [1.29, 1.82) is 0 Å². The smallest absolute Gasteiger partial charge is 0.268 e. The number of anilines is 1. The van der Waals surface area contributed by atoms with E-state index in [2.05, 4.69) is 20.7 Å². The summed E-state index contributed by atoms with van der Waals surface area (Å²) in [6.45, 7) is 0.560. The Morgan fingerprint density at radius 2 is 2.00 bits per heavy atom. The molecule has 0 spiro atoms. The highest BCUT2D eigenvalue weighted by Gasteiger charge is 2.10. The van der Waals surface area contributed by atoms with E-state index in [0.717, 1.165) is 5.56 Å². The van der Waals surface area contributed by atoms with Crippen LogP contribution in [0.1, 0.15) is 15.9 Å². The Morgan fingerprint density at radius 1 is 1.22 bits per heavy atom. The first-order chi connectivity index (χ1) is 8.81. The number of hydrogen-bond donors (Lipinski definition) is 3. The van der Waals surface area contributed by atoms with Gasteiger partial charge >= 0.3 is 0 Å². The third kappa shape index (κ3) is 2.80. The summed E-state index contributed by atoms with van der Waals surface area (Å²) >= 11 is 0. The molecule has 0 saturated carbocycles. The summed E-state index contributed by atoms with van der Waals surface area (Å²) in [5, 5.41) is 3.09. The molecule has 2 aromatic rings. The van der Waals surface area contributed by atoms with Crippen LogP contribution in [0, 0.1) is 0 Å². The number of carbonyl (C=O) groups is 1. The number of hydrogen-bond acceptors (Lipinski definition) is 5. The average molecular weight is 243 g/mol. The monoisotopic (exact) mass is 243 g/mol. The second-order valence-electron chi connectivity index (χ2n) is 3.58. The second kappa shape index (κ2) is 5.74. The summed E-state index contributed by atoms with van der Waals surface area (Å²) in [6.07, 6.45) is 5.04. The van der Waals surface area contributed by atoms with Gasteiger partial charge in [-0.1, -0.05) is 0 Å². The molecule has 18 heavy (non-hydrogen) atoms. The Labute approximate surface area is 104 Å². The molecule has 0 saturated heterocycles. The van der Waals surface area contributed by atoms with Crippen molar-refractivity contribution in [2.24, 2.45) is 5.84 Å². The van der Waals surface area contributed by atoms with Crippen LogP contribution in [0.5, 0.6) is 0 Å². The van der Waals surface area contributed by atoms with Crippen LogP contribution in [-0.4, -0.2) is 15.9 Å². The molecule has 6 heteroatoms. The van der Waals surface area contributed by atoms with Crippen LogP contribution in [-0.2, 0) is 6.54 Å². The molecule has 4 N–H and O–H groups in total. The number of nitrogen functional groups attached to an aromatic ring is 1. The Bertz CT molecular complexity index is 529. The maximum Gasteiger partial charge on any atom is 0.268 e. The van der Waals surface area contributed by atoms with Gasteiger partial charge in [0.15, 0.2) is 0 Å². The van der Waals surface area contributed by atoms with Crippen molar-refractivity contribution >= 4 is 11.7 Å². The van der Waals surface area contributed by atoms with Gasteiger partial charge in [-0.25, -0.2) is 10.8 Å². The highest BCUT2D eigenvalue weighted by molar-refractivity contribution is 5.98. The summed E-state index contributed by atoms with van der Waals surface area (Å²) in [7, 11) is 0. The van der Waals surface area contributed by atoms with Gasteiger partial charge in [-0.2, -0.15) is 0 Å². The number of nitrogens with two attached hydrogens (primary N) is 1. The molecular formula is C12H13N5O. The van der Waals surface area contributed by atoms with Crippen LogP contribution in [0.3, 0.4) is 0 Å². The molecule has 0 fully saturated rings. The summed E-state index contributed by atoms with van der Waals surface area (Å²) in [4.78, 5) is 19.6. The molecule has 92 valence electrons. The minimum Gasteiger partial charge on any atom is -0.365 e. The van der Waals surface area contributed by atoms with Crippen molar-refractivity contribution in [3.05, 3.63) is 54.0 Å². The zero-order valence-corrected chi connectivity index (χ0v) is 9.63. The lowest BCUT2D eigenvalue weighted by atomic mass is 10.2. The minimum absolute atomic E-state index is 0.375. The second-order valence-corrected chi connectivity index (χ2v) is 3.58. The zero-order valence-electron chi connectivity index (χ0n) is 9.63. The summed E-state index contributed by atoms with van der Waals surface area (Å²) in [5.74, 6) is 5.24. The van der Waals surface area contributed by atoms with Gasteiger partial charge in [-0.3, -0.25) is 15.2 Å². The third-order valence-electron chi connectivity index (χ3n) is 2.39. The fourth-order valence-corrected chi connectivity index (χ4v) is 1.49. The van der Waals surface area contributed by atoms with E-state index in [-0.39, 0.29) is 5.91 Å². The summed E-state index contributed by atoms with van der Waals surface area (Å²) in [5.41, 5.74) is 3.55. The van der Waals surface area contributed by atoms with E-state index in [9.17, 15) is 4.79 Å². The quantitative estimate of drug-likeness (QED) is 0.417. The SMILES string of the molecule is NNC(=O)c1cccnc1NCc1ccncc1. The molecule has 2 heterocycles. The van der Waals surface area contributed by atoms with E-state index < -0.39 is 0 Å². The van der Waals surface area contributed by atoms with Crippen molar-refractivity contribution in [3.63, 3.8) is 0 Å². The van der Waals surface area contributed by atoms with Gasteiger partial charge in [0.1, 0.15) is 5.82 Å². The topological polar surface area (TPSA) is 92.9 Å². The van der Waals surface area contributed by atoms with Crippen LogP contribution in [0.2, 0.25) is 0 Å². The number of carbonyl (C=O) groups excluding carboxylic acids is 1. The molecule has 2 rings (SSSR count). The van der Waals surface area contributed by atoms with Crippen LogP contribution < -0.4 is 16.6 Å². The fraction of sp³-hybridized carbons (Fsp3) is 0.0833. The van der Waals surface area contributed by atoms with E-state index >= 15 is 0 Å². The van der Waals surface area contributed by atoms with Crippen LogP contribution in [0.4, 0.5) is 5.82 Å². The normalized spacial score (nSPS) is 9.83. The number of amides is 1. The summed E-state index contributed by atoms with van der Waals surface area (Å²) < 4.78 is 0. The first-order valence-corrected chi connectivity index (χ1v) is 5.40. The Kier molecular flexibility index (Phi) is 3.83. The predicted molar refractivity (Wildman–Crippen MR) is 67.5 cm³/mol. The van der Waals surface area contributed by atoms with Gasteiger partial charge < -0.3 is 5.32 Å². The van der Waals surface area contributed by atoms with Crippen molar-refractivity contribution < 1.29 is 4.79 Å². The van der Waals surface area contributed by atoms with Gasteiger partial charge in [-0.15, -0.1) is 0 Å². The maximum absolute atomic E-state index is 11.5. The minimum atomic E-state index is -0.375. The van der Waals surface area contributed by atoms with Crippen molar-refractivity contribution in [2.75, 3.05) is 5.32 Å². The molecule has 0 unspecified atom stereocenters. The standard InChI is InChI=1S/C12H13N5O/c13-17-12(18)10-2-1-5-15-11(10)16-8-9-3-6-14-7-4-9/h1-7H,8,13H2,(H,15,16)(H,17,18). The van der Waals surface area contributed by atoms with Gasteiger partial charge in [-0.05, 0) is 29.8 Å². The first kappa shape index (κ1) is 12.0. The van der Waals surface area contributed by atoms with Gasteiger partial charge in [0.25, 0.3) is 5.91 Å². The van der Waals surface area contributed by atoms with Crippen LogP contribution in [0.25, 0.3) is 0 Å². The number of rotatable bonds is 4. The molecule has 2 aromatic heterocycles. The van der Waals surface area contributed by atoms with Gasteiger partial charge in [0, 0.05) is 25.1 Å². The zero-order chi connectivity index (χ0) is 12.8. The Hall–Kier alpha value is -2.47. The lowest BCUT2D eigenvalue weighted by Gasteiger charge is -2.09. The van der Waals surface area contributed by atoms with Crippen molar-refractivity contribution in [3.8, 4) is 0 Å². The van der Waals surface area contributed by atoms with Gasteiger partial charge in [0.05, 0.1) is 5.56 Å². The van der Waals surface area contributed by atoms with E-state index in [0.29, 0.717) is 17.9 Å². The van der Waals surface area contributed by atoms with E-state index in [1.54, 1.807) is 30.7 Å². The number of pyridine rings is 2. The fourth-order valence-electron chi connectivity index (χ4n) is 1.49. The maximum atomic E-state index is 11.5. The molecule has 1 amide bonds. The molecule has 0 aliphatic heterocycles. The Balaban J connectivity index is 2.12. The number of nitrogens with zero attached hydrogens (tertiary/aromatic N) is 2. The number of nitrogens with one attached hydrogen (secondary N) is 2. The largest absolute Gasteiger partial charge is 0.365 e. The highest BCUT2D eigenvalue weighted by atomic mass is 16.2. The van der Waals surface area contributed by atoms with Crippen molar-refractivity contribution in [2.45, 2.75) is 6.54 Å². The average Bonchev–Trinajstić information content (AvgIpc) is 2.45. The number of aromatic nitrogens is 2. The molecule has 6 nitrogen and oxygen atoms in total. The van der Waals surface area contributed by atoms with Crippen LogP contribution >= 0.6 is 0 Å². The molecule has 0 radical (unpaired) electrons. The van der Waals surface area contributed by atoms with E-state index in [1.165, 1.54) is 0 Å². The molecule has 0 aliphatic rings. The molecule has 0 atom stereocenters. The van der Waals surface area contributed by atoms with E-state index in [4.69, 9.17) is 5.84 Å².